The van der Waals surface area contributed by atoms with Crippen molar-refractivity contribution in [2.24, 2.45) is 5.41 Å². The lowest BCUT2D eigenvalue weighted by Gasteiger charge is -2.38. The number of carbonyl (C=O) groups excluding carboxylic acids is 1. The molecule has 2 aromatic heterocycles. The standard InChI is InChI=1S/C31H35N5O4/c1-21-5-6-25(34-28(37)22-11-24(15-33-14-22)30(2,3)17-32)13-26(21)23-12-27(35-7-9-39-10-8-35)29(38)36(16-23)18-31(4)19-40-20-31/h5-6,11-16H,7-10,18-20H2,1-4H3,(H,34,37). The van der Waals surface area contributed by atoms with Crippen molar-refractivity contribution in [2.75, 3.05) is 49.7 Å². The first-order valence-corrected chi connectivity index (χ1v) is 13.5. The fourth-order valence-corrected chi connectivity index (χ4v) is 5.05. The van der Waals surface area contributed by atoms with E-state index < -0.39 is 5.41 Å². The molecule has 0 unspecified atom stereocenters. The molecule has 40 heavy (non-hydrogen) atoms. The highest BCUT2D eigenvalue weighted by Crippen LogP contribution is 2.32. The summed E-state index contributed by atoms with van der Waals surface area (Å²) in [7, 11) is 0. The molecule has 3 aromatic rings. The minimum atomic E-state index is -0.760. The summed E-state index contributed by atoms with van der Waals surface area (Å²) in [5, 5.41) is 12.5. The van der Waals surface area contributed by atoms with E-state index in [0.29, 0.717) is 68.6 Å². The van der Waals surface area contributed by atoms with Gasteiger partial charge in [0.1, 0.15) is 5.69 Å². The van der Waals surface area contributed by atoms with Crippen LogP contribution in [0.2, 0.25) is 0 Å². The molecule has 2 fully saturated rings. The Morgan fingerprint density at radius 1 is 1.15 bits per heavy atom. The zero-order valence-corrected chi connectivity index (χ0v) is 23.5. The Balaban J connectivity index is 1.49. The fourth-order valence-electron chi connectivity index (χ4n) is 5.05. The first-order valence-electron chi connectivity index (χ1n) is 13.5. The minimum Gasteiger partial charge on any atom is -0.380 e. The van der Waals surface area contributed by atoms with Crippen molar-refractivity contribution >= 4 is 17.3 Å². The maximum Gasteiger partial charge on any atom is 0.274 e. The molecule has 1 amide bonds. The second kappa shape index (κ2) is 10.9. The van der Waals surface area contributed by atoms with Crippen LogP contribution in [-0.4, -0.2) is 55.0 Å². The summed E-state index contributed by atoms with van der Waals surface area (Å²) < 4.78 is 12.8. The quantitative estimate of drug-likeness (QED) is 0.479. The van der Waals surface area contributed by atoms with E-state index in [0.717, 1.165) is 16.7 Å². The molecule has 1 aromatic carbocycles. The molecule has 2 saturated heterocycles. The number of morpholine rings is 1. The summed E-state index contributed by atoms with van der Waals surface area (Å²) in [4.78, 5) is 33.0. The Morgan fingerprint density at radius 3 is 2.58 bits per heavy atom. The fraction of sp³-hybridized carbons (Fsp3) is 0.419. The number of nitrogens with zero attached hydrogens (tertiary/aromatic N) is 4. The van der Waals surface area contributed by atoms with E-state index in [2.05, 4.69) is 28.2 Å². The third-order valence-corrected chi connectivity index (χ3v) is 7.68. The smallest absolute Gasteiger partial charge is 0.274 e. The third kappa shape index (κ3) is 5.64. The molecule has 2 aliphatic rings. The maximum atomic E-state index is 13.6. The molecule has 9 heteroatoms. The van der Waals surface area contributed by atoms with Crippen molar-refractivity contribution in [1.82, 2.24) is 9.55 Å². The molecule has 2 aliphatic heterocycles. The lowest BCUT2D eigenvalue weighted by atomic mass is 9.87. The van der Waals surface area contributed by atoms with E-state index in [1.54, 1.807) is 30.7 Å². The topological polar surface area (TPSA) is 109 Å². The van der Waals surface area contributed by atoms with Gasteiger partial charge in [0.25, 0.3) is 11.5 Å². The molecule has 0 aliphatic carbocycles. The van der Waals surface area contributed by atoms with Crippen molar-refractivity contribution < 1.29 is 14.3 Å². The monoisotopic (exact) mass is 541 g/mol. The van der Waals surface area contributed by atoms with Gasteiger partial charge in [-0.05, 0) is 61.7 Å². The molecule has 1 N–H and O–H groups in total. The van der Waals surface area contributed by atoms with Gasteiger partial charge in [0.15, 0.2) is 0 Å². The number of aryl methyl sites for hydroxylation is 1. The van der Waals surface area contributed by atoms with E-state index in [9.17, 15) is 14.9 Å². The predicted molar refractivity (Wildman–Crippen MR) is 154 cm³/mol. The van der Waals surface area contributed by atoms with E-state index >= 15 is 0 Å². The Labute approximate surface area is 234 Å². The molecule has 0 spiro atoms. The Bertz CT molecular complexity index is 1530. The zero-order chi connectivity index (χ0) is 28.5. The molecular formula is C31H35N5O4. The largest absolute Gasteiger partial charge is 0.380 e. The highest BCUT2D eigenvalue weighted by atomic mass is 16.5. The van der Waals surface area contributed by atoms with Gasteiger partial charge in [-0.1, -0.05) is 13.0 Å². The molecule has 0 saturated carbocycles. The lowest BCUT2D eigenvalue weighted by molar-refractivity contribution is -0.110. The van der Waals surface area contributed by atoms with Crippen LogP contribution in [-0.2, 0) is 21.4 Å². The molecular weight excluding hydrogens is 506 g/mol. The highest BCUT2D eigenvalue weighted by Gasteiger charge is 2.34. The van der Waals surface area contributed by atoms with Crippen LogP contribution in [0.1, 0.15) is 42.3 Å². The number of nitriles is 1. The van der Waals surface area contributed by atoms with Gasteiger partial charge >= 0.3 is 0 Å². The molecule has 0 atom stereocenters. The second-order valence-electron chi connectivity index (χ2n) is 11.6. The van der Waals surface area contributed by atoms with Crippen LogP contribution in [0.4, 0.5) is 11.4 Å². The normalized spacial score (nSPS) is 16.6. The average Bonchev–Trinajstić information content (AvgIpc) is 2.94. The van der Waals surface area contributed by atoms with E-state index in [1.165, 1.54) is 6.20 Å². The number of anilines is 2. The third-order valence-electron chi connectivity index (χ3n) is 7.68. The zero-order valence-electron chi connectivity index (χ0n) is 23.5. The van der Waals surface area contributed by atoms with Crippen molar-refractivity contribution in [3.8, 4) is 17.2 Å². The summed E-state index contributed by atoms with van der Waals surface area (Å²) >= 11 is 0. The summed E-state index contributed by atoms with van der Waals surface area (Å²) in [5.74, 6) is -0.310. The molecule has 0 bridgehead atoms. The number of amides is 1. The number of rotatable bonds is 7. The van der Waals surface area contributed by atoms with Crippen molar-refractivity contribution in [1.29, 1.82) is 5.26 Å². The average molecular weight is 542 g/mol. The van der Waals surface area contributed by atoms with Crippen LogP contribution in [0.15, 0.2) is 53.7 Å². The Morgan fingerprint density at radius 2 is 1.90 bits per heavy atom. The lowest BCUT2D eigenvalue weighted by Crippen LogP contribution is -2.46. The van der Waals surface area contributed by atoms with Crippen LogP contribution in [0.3, 0.4) is 0 Å². The van der Waals surface area contributed by atoms with Crippen LogP contribution in [0.5, 0.6) is 0 Å². The number of benzene rings is 1. The second-order valence-corrected chi connectivity index (χ2v) is 11.6. The molecule has 4 heterocycles. The first-order chi connectivity index (χ1) is 19.1. The van der Waals surface area contributed by atoms with Crippen LogP contribution in [0.25, 0.3) is 11.1 Å². The van der Waals surface area contributed by atoms with Gasteiger partial charge in [0, 0.05) is 54.9 Å². The molecule has 9 nitrogen and oxygen atoms in total. The molecule has 0 radical (unpaired) electrons. The summed E-state index contributed by atoms with van der Waals surface area (Å²) in [6.07, 6.45) is 5.03. The van der Waals surface area contributed by atoms with Gasteiger partial charge in [-0.2, -0.15) is 5.26 Å². The number of ether oxygens (including phenoxy) is 2. The summed E-state index contributed by atoms with van der Waals surface area (Å²) in [6, 6.07) is 11.7. The number of pyridine rings is 2. The van der Waals surface area contributed by atoms with Gasteiger partial charge < -0.3 is 24.3 Å². The van der Waals surface area contributed by atoms with E-state index in [1.807, 2.05) is 37.4 Å². The van der Waals surface area contributed by atoms with Crippen LogP contribution in [0, 0.1) is 23.7 Å². The first kappa shape index (κ1) is 27.6. The maximum absolute atomic E-state index is 13.6. The van der Waals surface area contributed by atoms with E-state index in [4.69, 9.17) is 9.47 Å². The predicted octanol–water partition coefficient (Wildman–Crippen LogP) is 4.15. The summed E-state index contributed by atoms with van der Waals surface area (Å²) in [5.41, 5.74) is 4.32. The highest BCUT2D eigenvalue weighted by molar-refractivity contribution is 6.04. The van der Waals surface area contributed by atoms with Crippen LogP contribution < -0.4 is 15.8 Å². The molecule has 5 rings (SSSR count). The van der Waals surface area contributed by atoms with Gasteiger partial charge in [-0.3, -0.25) is 14.6 Å². The Hall–Kier alpha value is -4.00. The number of nitrogens with one attached hydrogen (secondary N) is 1. The van der Waals surface area contributed by atoms with Gasteiger partial charge in [-0.15, -0.1) is 0 Å². The minimum absolute atomic E-state index is 0.0199. The number of hydrogen-bond donors (Lipinski definition) is 1. The van der Waals surface area contributed by atoms with E-state index in [-0.39, 0.29) is 16.9 Å². The van der Waals surface area contributed by atoms with Gasteiger partial charge in [0.2, 0.25) is 0 Å². The molecule has 208 valence electrons. The SMILES string of the molecule is Cc1ccc(NC(=O)c2cncc(C(C)(C)C#N)c2)cc1-c1cc(N2CCOCC2)c(=O)n(CC2(C)COC2)c1. The van der Waals surface area contributed by atoms with Crippen molar-refractivity contribution in [3.05, 3.63) is 76.0 Å². The number of carbonyl (C=O) groups is 1. The Kier molecular flexibility index (Phi) is 7.49. The van der Waals surface area contributed by atoms with Crippen LogP contribution >= 0.6 is 0 Å². The number of aromatic nitrogens is 2. The van der Waals surface area contributed by atoms with Crippen molar-refractivity contribution in [2.45, 2.75) is 39.7 Å². The number of hydrogen-bond acceptors (Lipinski definition) is 7. The van der Waals surface area contributed by atoms with Crippen molar-refractivity contribution in [3.63, 3.8) is 0 Å². The summed E-state index contributed by atoms with van der Waals surface area (Å²) in [6.45, 7) is 12.0. The van der Waals surface area contributed by atoms with Gasteiger partial charge in [-0.25, -0.2) is 0 Å². The van der Waals surface area contributed by atoms with Gasteiger partial charge in [0.05, 0.1) is 43.5 Å².